The third kappa shape index (κ3) is 4.07. The van der Waals surface area contributed by atoms with Crippen molar-refractivity contribution >= 4 is 23.7 Å². The van der Waals surface area contributed by atoms with Crippen LogP contribution in [0.4, 0.5) is 0 Å². The second-order valence-electron chi connectivity index (χ2n) is 13.7. The monoisotopic (exact) mass is 542 g/mol. The van der Waals surface area contributed by atoms with Crippen molar-refractivity contribution in [2.45, 2.75) is 85.9 Å². The number of hydrogen-bond donors (Lipinski definition) is 0. The smallest absolute Gasteiger partial charge is 0.308 e. The summed E-state index contributed by atoms with van der Waals surface area (Å²) in [4.78, 5) is 53.1. The zero-order valence-electron chi connectivity index (χ0n) is 24.2. The second kappa shape index (κ2) is 9.48. The molecule has 8 nitrogen and oxygen atoms in total. The van der Waals surface area contributed by atoms with Crippen molar-refractivity contribution in [3.05, 3.63) is 24.2 Å². The molecule has 2 heterocycles. The molecule has 1 aromatic rings. The zero-order valence-corrected chi connectivity index (χ0v) is 24.2. The van der Waals surface area contributed by atoms with Gasteiger partial charge in [-0.2, -0.15) is 0 Å². The van der Waals surface area contributed by atoms with Gasteiger partial charge in [0.15, 0.2) is 0 Å². The van der Waals surface area contributed by atoms with E-state index in [1.807, 2.05) is 26.8 Å². The molecule has 1 aliphatic heterocycles. The molecule has 8 heteroatoms. The largest absolute Gasteiger partial charge is 0.472 e. The van der Waals surface area contributed by atoms with Crippen LogP contribution in [-0.2, 0) is 33.4 Å². The van der Waals surface area contributed by atoms with Crippen molar-refractivity contribution in [3.8, 4) is 0 Å². The van der Waals surface area contributed by atoms with Crippen LogP contribution >= 0.6 is 0 Å². The first-order chi connectivity index (χ1) is 18.3. The number of esters is 3. The SMILES string of the molecule is COC(=O)C[C@H]1C(C)(C)[C@H](OC(=O)C(C)C)[C@@H]2C[C@H]3[C@@H]4CC(=O)O[C@@H](c5ccoc5)[C@]4(C)CC[C@@H]3[C@@]1(C)C2=O. The van der Waals surface area contributed by atoms with E-state index in [0.717, 1.165) is 18.4 Å². The van der Waals surface area contributed by atoms with E-state index in [1.165, 1.54) is 7.11 Å². The molecule has 214 valence electrons. The number of hydrogen-bond acceptors (Lipinski definition) is 8. The Kier molecular flexibility index (Phi) is 6.78. The standard InChI is InChI=1S/C31H42O8/c1-16(2)28(35)39-27-19-12-18-20(31(6,25(19)34)22(29(27,3)4)14-23(32)36-7)8-10-30(5)21(18)13-24(33)38-26(30)17-9-11-37-15-17/h9,11,15-16,18-22,26-27H,8,10,12-14H2,1-7H3/t18-,19-,20+,21+,22+,26+,27-,30-,31-/m1/s1. The predicted octanol–water partition coefficient (Wildman–Crippen LogP) is 5.30. The summed E-state index contributed by atoms with van der Waals surface area (Å²) >= 11 is 0. The molecular formula is C31H42O8. The minimum Gasteiger partial charge on any atom is -0.472 e. The van der Waals surface area contributed by atoms with E-state index in [9.17, 15) is 19.2 Å². The zero-order chi connectivity index (χ0) is 28.5. The van der Waals surface area contributed by atoms with E-state index < -0.39 is 29.0 Å². The highest BCUT2D eigenvalue weighted by molar-refractivity contribution is 5.91. The van der Waals surface area contributed by atoms with E-state index in [1.54, 1.807) is 26.4 Å². The summed E-state index contributed by atoms with van der Waals surface area (Å²) in [5.41, 5.74) is -0.940. The van der Waals surface area contributed by atoms with E-state index in [-0.39, 0.29) is 71.5 Å². The summed E-state index contributed by atoms with van der Waals surface area (Å²) in [7, 11) is 1.36. The first-order valence-corrected chi connectivity index (χ1v) is 14.3. The Hall–Kier alpha value is -2.64. The predicted molar refractivity (Wildman–Crippen MR) is 140 cm³/mol. The van der Waals surface area contributed by atoms with Crippen molar-refractivity contribution in [1.29, 1.82) is 0 Å². The van der Waals surface area contributed by atoms with Crippen LogP contribution in [0.15, 0.2) is 23.0 Å². The number of fused-ring (bicyclic) bond motifs is 6. The number of carbonyl (C=O) groups is 4. The van der Waals surface area contributed by atoms with Gasteiger partial charge in [-0.25, -0.2) is 0 Å². The van der Waals surface area contributed by atoms with Gasteiger partial charge in [-0.15, -0.1) is 0 Å². The molecule has 4 fully saturated rings. The molecule has 0 radical (unpaired) electrons. The van der Waals surface area contributed by atoms with Gasteiger partial charge in [0, 0.05) is 34.7 Å². The summed E-state index contributed by atoms with van der Waals surface area (Å²) in [6.45, 7) is 11.8. The number of rotatable bonds is 5. The highest BCUT2D eigenvalue weighted by Gasteiger charge is 2.71. The Labute approximate surface area is 230 Å². The number of methoxy groups -OCH3 is 1. The Morgan fingerprint density at radius 1 is 1.13 bits per heavy atom. The molecule has 0 spiro atoms. The number of ketones is 1. The van der Waals surface area contributed by atoms with Crippen LogP contribution in [0.3, 0.4) is 0 Å². The molecule has 0 N–H and O–H groups in total. The fourth-order valence-electron chi connectivity index (χ4n) is 9.17. The highest BCUT2D eigenvalue weighted by Crippen LogP contribution is 2.70. The Balaban J connectivity index is 1.61. The van der Waals surface area contributed by atoms with Crippen LogP contribution < -0.4 is 0 Å². The number of furan rings is 1. The maximum atomic E-state index is 14.4. The summed E-state index contributed by atoms with van der Waals surface area (Å²) in [5.74, 6) is -2.12. The average Bonchev–Trinajstić information content (AvgIpc) is 3.41. The van der Waals surface area contributed by atoms with Crippen LogP contribution in [0, 0.1) is 51.8 Å². The third-order valence-electron chi connectivity index (χ3n) is 11.2. The number of Topliss-reactive ketones (excluding diaryl/α,β-unsaturated/α-hetero) is 1. The Morgan fingerprint density at radius 2 is 1.85 bits per heavy atom. The molecule has 0 unspecified atom stereocenters. The van der Waals surface area contributed by atoms with Crippen molar-refractivity contribution in [2.24, 2.45) is 51.8 Å². The lowest BCUT2D eigenvalue weighted by Gasteiger charge is -2.67. The summed E-state index contributed by atoms with van der Waals surface area (Å²) in [5, 5.41) is 0. The van der Waals surface area contributed by atoms with Crippen molar-refractivity contribution in [1.82, 2.24) is 0 Å². The lowest BCUT2D eigenvalue weighted by molar-refractivity contribution is -0.232. The third-order valence-corrected chi connectivity index (χ3v) is 11.2. The second-order valence-corrected chi connectivity index (χ2v) is 13.7. The molecule has 1 saturated heterocycles. The van der Waals surface area contributed by atoms with Gasteiger partial charge >= 0.3 is 17.9 Å². The lowest BCUT2D eigenvalue weighted by atomic mass is 9.37. The number of ether oxygens (including phenoxy) is 3. The quantitative estimate of drug-likeness (QED) is 0.364. The molecule has 0 aromatic carbocycles. The Bertz CT molecular complexity index is 1150. The first kappa shape index (κ1) is 27.9. The minimum absolute atomic E-state index is 0.00842. The van der Waals surface area contributed by atoms with Gasteiger partial charge < -0.3 is 18.6 Å². The topological polar surface area (TPSA) is 109 Å². The molecule has 4 aliphatic rings. The molecule has 1 aromatic heterocycles. The highest BCUT2D eigenvalue weighted by atomic mass is 16.6. The van der Waals surface area contributed by atoms with Gasteiger partial charge in [-0.1, -0.05) is 41.5 Å². The summed E-state index contributed by atoms with van der Waals surface area (Å²) in [6, 6.07) is 1.86. The summed E-state index contributed by atoms with van der Waals surface area (Å²) < 4.78 is 22.5. The Morgan fingerprint density at radius 3 is 2.46 bits per heavy atom. The minimum atomic E-state index is -0.820. The van der Waals surface area contributed by atoms with Crippen LogP contribution in [-0.4, -0.2) is 36.9 Å². The first-order valence-electron chi connectivity index (χ1n) is 14.3. The van der Waals surface area contributed by atoms with Gasteiger partial charge in [-0.3, -0.25) is 19.2 Å². The van der Waals surface area contributed by atoms with Crippen molar-refractivity contribution in [2.75, 3.05) is 7.11 Å². The number of carbonyl (C=O) groups excluding carboxylic acids is 4. The van der Waals surface area contributed by atoms with Crippen LogP contribution in [0.2, 0.25) is 0 Å². The fourth-order valence-corrected chi connectivity index (χ4v) is 9.17. The maximum absolute atomic E-state index is 14.4. The van der Waals surface area contributed by atoms with Crippen molar-refractivity contribution < 1.29 is 37.8 Å². The van der Waals surface area contributed by atoms with Crippen molar-refractivity contribution in [3.63, 3.8) is 0 Å². The van der Waals surface area contributed by atoms with E-state index in [2.05, 4.69) is 6.92 Å². The maximum Gasteiger partial charge on any atom is 0.308 e. The molecular weight excluding hydrogens is 500 g/mol. The molecule has 39 heavy (non-hydrogen) atoms. The van der Waals surface area contributed by atoms with Gasteiger partial charge in [0.1, 0.15) is 18.0 Å². The molecule has 2 bridgehead atoms. The van der Waals surface area contributed by atoms with E-state index >= 15 is 0 Å². The molecule has 9 atom stereocenters. The molecule has 0 amide bonds. The fraction of sp³-hybridized carbons (Fsp3) is 0.742. The molecule has 5 rings (SSSR count). The van der Waals surface area contributed by atoms with Gasteiger partial charge in [0.2, 0.25) is 0 Å². The normalized spacial score (nSPS) is 40.8. The average molecular weight is 543 g/mol. The van der Waals surface area contributed by atoms with Gasteiger partial charge in [0.05, 0.1) is 31.5 Å². The van der Waals surface area contributed by atoms with Gasteiger partial charge in [0.25, 0.3) is 0 Å². The molecule has 3 aliphatic carbocycles. The summed E-state index contributed by atoms with van der Waals surface area (Å²) in [6.07, 6.45) is 4.62. The van der Waals surface area contributed by atoms with Crippen LogP contribution in [0.5, 0.6) is 0 Å². The van der Waals surface area contributed by atoms with E-state index in [0.29, 0.717) is 6.42 Å². The van der Waals surface area contributed by atoms with E-state index in [4.69, 9.17) is 18.6 Å². The number of cyclic esters (lactones) is 1. The molecule has 3 saturated carbocycles. The van der Waals surface area contributed by atoms with Crippen LogP contribution in [0.25, 0.3) is 0 Å². The van der Waals surface area contributed by atoms with Crippen LogP contribution in [0.1, 0.15) is 85.3 Å². The lowest BCUT2D eigenvalue weighted by Crippen LogP contribution is -2.69. The van der Waals surface area contributed by atoms with Gasteiger partial charge in [-0.05, 0) is 49.0 Å².